The molecule has 0 aromatic heterocycles. The Kier molecular flexibility index (Phi) is 7.73. The Morgan fingerprint density at radius 1 is 1.00 bits per heavy atom. The number of Topliss-reactive ketones (excluding diaryl/α,β-unsaturated/α-hetero) is 1. The standard InChI is InChI=1S/C28H30BrNO6/c1-6-36-28(32)25-15(2)30-20-11-17(16-7-9-23(34-4)24(13-16)35-5)12-21(31)27(20)26(25)19-14-18(29)8-10-22(19)33-3/h7-10,13-14,17,26,30H,6,11-12H2,1-5H3/t17-,26-/m0/s1. The summed E-state index contributed by atoms with van der Waals surface area (Å²) in [4.78, 5) is 27.0. The van der Waals surface area contributed by atoms with E-state index in [9.17, 15) is 9.59 Å². The predicted molar refractivity (Wildman–Crippen MR) is 139 cm³/mol. The Morgan fingerprint density at radius 2 is 1.69 bits per heavy atom. The summed E-state index contributed by atoms with van der Waals surface area (Å²) in [5.41, 5.74) is 4.20. The predicted octanol–water partition coefficient (Wildman–Crippen LogP) is 5.40. The van der Waals surface area contributed by atoms with Gasteiger partial charge in [-0.3, -0.25) is 4.79 Å². The van der Waals surface area contributed by atoms with Crippen LogP contribution in [0.2, 0.25) is 0 Å². The van der Waals surface area contributed by atoms with Crippen molar-refractivity contribution in [3.05, 3.63) is 74.5 Å². The average Bonchev–Trinajstić information content (AvgIpc) is 2.87. The first-order valence-electron chi connectivity index (χ1n) is 11.8. The van der Waals surface area contributed by atoms with Gasteiger partial charge in [-0.25, -0.2) is 4.79 Å². The monoisotopic (exact) mass is 555 g/mol. The van der Waals surface area contributed by atoms with Gasteiger partial charge in [0.15, 0.2) is 17.3 Å². The molecule has 1 N–H and O–H groups in total. The van der Waals surface area contributed by atoms with Gasteiger partial charge < -0.3 is 24.3 Å². The fourth-order valence-electron chi connectivity index (χ4n) is 5.10. The van der Waals surface area contributed by atoms with Crippen LogP contribution in [0.4, 0.5) is 0 Å². The van der Waals surface area contributed by atoms with Crippen molar-refractivity contribution in [1.82, 2.24) is 5.32 Å². The summed E-state index contributed by atoms with van der Waals surface area (Å²) in [5, 5.41) is 3.37. The van der Waals surface area contributed by atoms with E-state index in [-0.39, 0.29) is 18.3 Å². The van der Waals surface area contributed by atoms with Crippen LogP contribution in [-0.4, -0.2) is 39.7 Å². The lowest BCUT2D eigenvalue weighted by molar-refractivity contribution is -0.138. The van der Waals surface area contributed by atoms with Gasteiger partial charge in [-0.1, -0.05) is 22.0 Å². The number of nitrogens with one attached hydrogen (secondary N) is 1. The van der Waals surface area contributed by atoms with Crippen LogP contribution in [0.15, 0.2) is 63.4 Å². The minimum absolute atomic E-state index is 0.0233. The van der Waals surface area contributed by atoms with Gasteiger partial charge in [-0.15, -0.1) is 0 Å². The first-order valence-corrected chi connectivity index (χ1v) is 12.6. The molecule has 8 heteroatoms. The number of dihydropyridines is 1. The third-order valence-electron chi connectivity index (χ3n) is 6.70. The van der Waals surface area contributed by atoms with E-state index in [1.807, 2.05) is 43.3 Å². The highest BCUT2D eigenvalue weighted by Gasteiger charge is 2.42. The van der Waals surface area contributed by atoms with Gasteiger partial charge in [0.25, 0.3) is 0 Å². The molecule has 2 aromatic carbocycles. The summed E-state index contributed by atoms with van der Waals surface area (Å²) in [6, 6.07) is 11.4. The Bertz CT molecular complexity index is 1260. The number of rotatable bonds is 7. The smallest absolute Gasteiger partial charge is 0.336 e. The molecule has 0 bridgehead atoms. The molecule has 36 heavy (non-hydrogen) atoms. The summed E-state index contributed by atoms with van der Waals surface area (Å²) in [6.45, 7) is 3.85. The van der Waals surface area contributed by atoms with E-state index in [2.05, 4.69) is 21.2 Å². The van der Waals surface area contributed by atoms with Gasteiger partial charge in [0.2, 0.25) is 0 Å². The molecule has 1 heterocycles. The molecule has 0 radical (unpaired) electrons. The lowest BCUT2D eigenvalue weighted by Gasteiger charge is -2.37. The normalized spacial score (nSPS) is 19.4. The van der Waals surface area contributed by atoms with E-state index in [4.69, 9.17) is 18.9 Å². The van der Waals surface area contributed by atoms with Gasteiger partial charge in [0, 0.05) is 33.4 Å². The highest BCUT2D eigenvalue weighted by molar-refractivity contribution is 9.10. The van der Waals surface area contributed by atoms with Crippen LogP contribution < -0.4 is 19.5 Å². The van der Waals surface area contributed by atoms with Gasteiger partial charge in [0.1, 0.15) is 5.75 Å². The Balaban J connectivity index is 1.83. The minimum Gasteiger partial charge on any atom is -0.496 e. The van der Waals surface area contributed by atoms with Crippen LogP contribution in [-0.2, 0) is 14.3 Å². The molecule has 4 rings (SSSR count). The first kappa shape index (κ1) is 25.8. The average molecular weight is 556 g/mol. The van der Waals surface area contributed by atoms with Gasteiger partial charge in [-0.2, -0.15) is 0 Å². The largest absolute Gasteiger partial charge is 0.496 e. The molecule has 0 unspecified atom stereocenters. The van der Waals surface area contributed by atoms with E-state index in [1.54, 1.807) is 28.3 Å². The summed E-state index contributed by atoms with van der Waals surface area (Å²) in [5.74, 6) is 0.731. The molecule has 0 saturated carbocycles. The number of ether oxygens (including phenoxy) is 4. The van der Waals surface area contributed by atoms with Crippen LogP contribution in [0.5, 0.6) is 17.2 Å². The SMILES string of the molecule is CCOC(=O)C1=C(C)NC2=C(C(=O)C[C@@H](c3ccc(OC)c(OC)c3)C2)[C@H]1c1cc(Br)ccc1OC. The zero-order chi connectivity index (χ0) is 26.0. The molecule has 0 fully saturated rings. The second-order valence-electron chi connectivity index (χ2n) is 8.74. The van der Waals surface area contributed by atoms with E-state index in [0.29, 0.717) is 46.9 Å². The van der Waals surface area contributed by atoms with Gasteiger partial charge in [0.05, 0.1) is 39.4 Å². The number of allylic oxidation sites excluding steroid dienone is 3. The second kappa shape index (κ2) is 10.8. The van der Waals surface area contributed by atoms with E-state index in [1.165, 1.54) is 0 Å². The maximum absolute atomic E-state index is 13.8. The third kappa shape index (κ3) is 4.74. The van der Waals surface area contributed by atoms with Crippen LogP contribution in [0.1, 0.15) is 49.7 Å². The van der Waals surface area contributed by atoms with Crippen molar-refractivity contribution < 1.29 is 28.5 Å². The molecule has 0 spiro atoms. The van der Waals surface area contributed by atoms with Crippen molar-refractivity contribution in [2.24, 2.45) is 0 Å². The highest BCUT2D eigenvalue weighted by atomic mass is 79.9. The molecule has 2 atom stereocenters. The van der Waals surface area contributed by atoms with E-state index < -0.39 is 11.9 Å². The fourth-order valence-corrected chi connectivity index (χ4v) is 5.48. The highest BCUT2D eigenvalue weighted by Crippen LogP contribution is 2.48. The molecule has 7 nitrogen and oxygen atoms in total. The molecule has 0 amide bonds. The van der Waals surface area contributed by atoms with Crippen LogP contribution in [0.25, 0.3) is 0 Å². The maximum Gasteiger partial charge on any atom is 0.336 e. The molecule has 190 valence electrons. The van der Waals surface area contributed by atoms with Crippen molar-refractivity contribution in [2.45, 2.75) is 38.5 Å². The van der Waals surface area contributed by atoms with Crippen molar-refractivity contribution in [3.8, 4) is 17.2 Å². The van der Waals surface area contributed by atoms with Gasteiger partial charge in [-0.05, 0) is 62.1 Å². The number of methoxy groups -OCH3 is 3. The minimum atomic E-state index is -0.605. The number of ketones is 1. The number of esters is 1. The second-order valence-corrected chi connectivity index (χ2v) is 9.65. The zero-order valence-electron chi connectivity index (χ0n) is 21.1. The number of hydrogen-bond acceptors (Lipinski definition) is 7. The van der Waals surface area contributed by atoms with Crippen molar-refractivity contribution in [1.29, 1.82) is 0 Å². The first-order chi connectivity index (χ1) is 17.3. The summed E-state index contributed by atoms with van der Waals surface area (Å²) < 4.78 is 22.7. The van der Waals surface area contributed by atoms with E-state index >= 15 is 0 Å². The molecule has 1 aliphatic heterocycles. The van der Waals surface area contributed by atoms with Crippen molar-refractivity contribution >= 4 is 27.7 Å². The molecular weight excluding hydrogens is 526 g/mol. The fraction of sp³-hybridized carbons (Fsp3) is 0.357. The maximum atomic E-state index is 13.8. The molecule has 2 aliphatic rings. The van der Waals surface area contributed by atoms with Crippen LogP contribution in [0.3, 0.4) is 0 Å². The van der Waals surface area contributed by atoms with Gasteiger partial charge >= 0.3 is 5.97 Å². The lowest BCUT2D eigenvalue weighted by atomic mass is 9.71. The summed E-state index contributed by atoms with van der Waals surface area (Å²) >= 11 is 3.54. The van der Waals surface area contributed by atoms with E-state index in [0.717, 1.165) is 21.3 Å². The van der Waals surface area contributed by atoms with Crippen LogP contribution in [0, 0.1) is 0 Å². The Labute approximate surface area is 219 Å². The lowest BCUT2D eigenvalue weighted by Crippen LogP contribution is -2.36. The summed E-state index contributed by atoms with van der Waals surface area (Å²) in [6.07, 6.45) is 0.911. The summed E-state index contributed by atoms with van der Waals surface area (Å²) in [7, 11) is 4.77. The van der Waals surface area contributed by atoms with Crippen LogP contribution >= 0.6 is 15.9 Å². The Hall–Kier alpha value is -3.26. The number of carbonyl (C=O) groups is 2. The number of halogens is 1. The Morgan fingerprint density at radius 3 is 2.36 bits per heavy atom. The molecule has 0 saturated heterocycles. The topological polar surface area (TPSA) is 83.1 Å². The molecule has 2 aromatic rings. The quantitative estimate of drug-likeness (QED) is 0.458. The molecular formula is C28H30BrNO6. The van der Waals surface area contributed by atoms with Crippen molar-refractivity contribution in [3.63, 3.8) is 0 Å². The zero-order valence-corrected chi connectivity index (χ0v) is 22.7. The number of benzene rings is 2. The number of carbonyl (C=O) groups excluding carboxylic acids is 2. The third-order valence-corrected chi connectivity index (χ3v) is 7.20. The molecule has 1 aliphatic carbocycles. The number of hydrogen-bond donors (Lipinski definition) is 1. The van der Waals surface area contributed by atoms with Crippen molar-refractivity contribution in [2.75, 3.05) is 27.9 Å².